The van der Waals surface area contributed by atoms with Gasteiger partial charge in [0.15, 0.2) is 6.29 Å². The summed E-state index contributed by atoms with van der Waals surface area (Å²) < 4.78 is 24.5. The average Bonchev–Trinajstić information content (AvgIpc) is 2.88. The van der Waals surface area contributed by atoms with Crippen molar-refractivity contribution in [3.63, 3.8) is 0 Å². The van der Waals surface area contributed by atoms with Crippen LogP contribution in [0, 0.1) is 0 Å². The van der Waals surface area contributed by atoms with E-state index in [1.807, 2.05) is 91.0 Å². The third-order valence-electron chi connectivity index (χ3n) is 5.59. The highest BCUT2D eigenvalue weighted by atomic mass is 17.1. The monoisotopic (exact) mass is 450 g/mol. The molecule has 0 aromatic heterocycles. The lowest BCUT2D eigenvalue weighted by molar-refractivity contribution is -0.385. The molecular weight excluding hydrogens is 420 g/mol. The summed E-state index contributed by atoms with van der Waals surface area (Å²) in [7, 11) is 0. The molecule has 0 radical (unpaired) electrons. The lowest BCUT2D eigenvalue weighted by atomic mass is 10.0. The molecule has 1 N–H and O–H groups in total. The largest absolute Gasteiger partial charge is 0.374 e. The maximum atomic E-state index is 9.35. The molecule has 6 nitrogen and oxygen atoms in total. The van der Waals surface area contributed by atoms with E-state index in [1.165, 1.54) is 0 Å². The van der Waals surface area contributed by atoms with E-state index in [0.29, 0.717) is 26.2 Å². The molecule has 4 atom stereocenters. The van der Waals surface area contributed by atoms with Crippen LogP contribution in [0.15, 0.2) is 91.0 Å². The highest BCUT2D eigenvalue weighted by molar-refractivity contribution is 5.15. The second kappa shape index (κ2) is 12.6. The van der Waals surface area contributed by atoms with Crippen molar-refractivity contribution in [1.29, 1.82) is 0 Å². The Balaban J connectivity index is 1.44. The first-order valence-electron chi connectivity index (χ1n) is 11.2. The van der Waals surface area contributed by atoms with Gasteiger partial charge in [-0.3, -0.25) is 0 Å². The molecule has 0 bridgehead atoms. The van der Waals surface area contributed by atoms with Gasteiger partial charge in [0.2, 0.25) is 0 Å². The predicted molar refractivity (Wildman–Crippen MR) is 123 cm³/mol. The molecule has 0 aliphatic carbocycles. The van der Waals surface area contributed by atoms with E-state index in [4.69, 9.17) is 18.9 Å². The van der Waals surface area contributed by atoms with Gasteiger partial charge in [-0.2, -0.15) is 0 Å². The Hall–Kier alpha value is -2.58. The standard InChI is InChI=1S/C27H30O6/c28-33-26-16-24(30-18-22-12-6-2-7-13-22)27(31-19-23-14-8-3-9-15-23)25(32-26)20-29-17-21-10-4-1-5-11-21/h1-15,24-28H,16-20H2/t24-,25+,26+,27+/m1/s1. The van der Waals surface area contributed by atoms with Crippen molar-refractivity contribution >= 4 is 0 Å². The zero-order chi connectivity index (χ0) is 22.7. The van der Waals surface area contributed by atoms with Gasteiger partial charge in [0.05, 0.1) is 32.5 Å². The van der Waals surface area contributed by atoms with Crippen molar-refractivity contribution in [3.05, 3.63) is 108 Å². The molecule has 0 spiro atoms. The van der Waals surface area contributed by atoms with Crippen molar-refractivity contribution in [2.45, 2.75) is 50.8 Å². The van der Waals surface area contributed by atoms with E-state index in [2.05, 4.69) is 4.89 Å². The molecule has 1 aliphatic rings. The minimum absolute atomic E-state index is 0.277. The first-order valence-corrected chi connectivity index (χ1v) is 11.2. The molecular formula is C27H30O6. The van der Waals surface area contributed by atoms with Crippen LogP contribution in [0.1, 0.15) is 23.1 Å². The van der Waals surface area contributed by atoms with Crippen LogP contribution < -0.4 is 0 Å². The fourth-order valence-electron chi connectivity index (χ4n) is 3.88. The van der Waals surface area contributed by atoms with Crippen LogP contribution in [0.2, 0.25) is 0 Å². The van der Waals surface area contributed by atoms with Crippen LogP contribution in [0.4, 0.5) is 0 Å². The number of rotatable bonds is 11. The molecule has 0 saturated carbocycles. The molecule has 3 aromatic carbocycles. The quantitative estimate of drug-likeness (QED) is 0.328. The second-order valence-electron chi connectivity index (χ2n) is 8.04. The maximum Gasteiger partial charge on any atom is 0.194 e. The Morgan fingerprint density at radius 1 is 0.697 bits per heavy atom. The highest BCUT2D eigenvalue weighted by Gasteiger charge is 2.41. The molecule has 1 heterocycles. The second-order valence-corrected chi connectivity index (χ2v) is 8.04. The maximum absolute atomic E-state index is 9.35. The van der Waals surface area contributed by atoms with Gasteiger partial charge in [0.1, 0.15) is 12.2 Å². The number of hydrogen-bond acceptors (Lipinski definition) is 6. The molecule has 6 heteroatoms. The molecule has 1 saturated heterocycles. The lowest BCUT2D eigenvalue weighted by Gasteiger charge is -2.40. The summed E-state index contributed by atoms with van der Waals surface area (Å²) in [6.45, 7) is 1.57. The minimum atomic E-state index is -0.812. The van der Waals surface area contributed by atoms with Gasteiger partial charge in [-0.25, -0.2) is 10.1 Å². The van der Waals surface area contributed by atoms with Crippen molar-refractivity contribution in [2.75, 3.05) is 6.61 Å². The minimum Gasteiger partial charge on any atom is -0.374 e. The van der Waals surface area contributed by atoms with Crippen LogP contribution in [-0.2, 0) is 43.7 Å². The van der Waals surface area contributed by atoms with Gasteiger partial charge in [-0.1, -0.05) is 91.0 Å². The SMILES string of the molecule is OO[C@H]1C[C@@H](OCc2ccccc2)[C@H](OCc2ccccc2)[C@H](COCc2ccccc2)O1. The van der Waals surface area contributed by atoms with Gasteiger partial charge in [0.25, 0.3) is 0 Å². The zero-order valence-corrected chi connectivity index (χ0v) is 18.5. The molecule has 0 unspecified atom stereocenters. The number of benzene rings is 3. The molecule has 1 aliphatic heterocycles. The van der Waals surface area contributed by atoms with E-state index < -0.39 is 18.5 Å². The Labute approximate surface area is 194 Å². The van der Waals surface area contributed by atoms with Crippen LogP contribution in [0.3, 0.4) is 0 Å². The van der Waals surface area contributed by atoms with E-state index in [9.17, 15) is 5.26 Å². The molecule has 3 aromatic rings. The molecule has 33 heavy (non-hydrogen) atoms. The Kier molecular flexibility index (Phi) is 9.00. The van der Waals surface area contributed by atoms with E-state index in [-0.39, 0.29) is 12.7 Å². The number of ether oxygens (including phenoxy) is 4. The Bertz CT molecular complexity index is 921. The molecule has 174 valence electrons. The third-order valence-corrected chi connectivity index (χ3v) is 5.59. The van der Waals surface area contributed by atoms with Crippen molar-refractivity contribution in [3.8, 4) is 0 Å². The van der Waals surface area contributed by atoms with Gasteiger partial charge in [-0.05, 0) is 16.7 Å². The van der Waals surface area contributed by atoms with Crippen LogP contribution >= 0.6 is 0 Å². The summed E-state index contributed by atoms with van der Waals surface area (Å²) in [6, 6.07) is 29.9. The van der Waals surface area contributed by atoms with Gasteiger partial charge >= 0.3 is 0 Å². The van der Waals surface area contributed by atoms with Crippen LogP contribution in [-0.4, -0.2) is 36.5 Å². The Morgan fingerprint density at radius 3 is 1.76 bits per heavy atom. The molecule has 1 fully saturated rings. The van der Waals surface area contributed by atoms with Crippen LogP contribution in [0.25, 0.3) is 0 Å². The summed E-state index contributed by atoms with van der Waals surface area (Å²) in [4.78, 5) is 4.57. The van der Waals surface area contributed by atoms with Crippen molar-refractivity contribution in [2.24, 2.45) is 0 Å². The smallest absolute Gasteiger partial charge is 0.194 e. The summed E-state index contributed by atoms with van der Waals surface area (Å²) in [6.07, 6.45) is -1.67. The van der Waals surface area contributed by atoms with Gasteiger partial charge < -0.3 is 18.9 Å². The fourth-order valence-corrected chi connectivity index (χ4v) is 3.88. The summed E-state index contributed by atoms with van der Waals surface area (Å²) in [5.41, 5.74) is 3.19. The normalized spacial score (nSPS) is 22.8. The van der Waals surface area contributed by atoms with Crippen molar-refractivity contribution < 1.29 is 29.1 Å². The average molecular weight is 451 g/mol. The Morgan fingerprint density at radius 2 is 1.21 bits per heavy atom. The number of hydrogen-bond donors (Lipinski definition) is 1. The first-order chi connectivity index (χ1) is 16.3. The zero-order valence-electron chi connectivity index (χ0n) is 18.5. The van der Waals surface area contributed by atoms with Crippen LogP contribution in [0.5, 0.6) is 0 Å². The molecule has 4 rings (SSSR count). The van der Waals surface area contributed by atoms with E-state index in [0.717, 1.165) is 16.7 Å². The fraction of sp³-hybridized carbons (Fsp3) is 0.333. The van der Waals surface area contributed by atoms with Crippen molar-refractivity contribution in [1.82, 2.24) is 0 Å². The van der Waals surface area contributed by atoms with E-state index >= 15 is 0 Å². The van der Waals surface area contributed by atoms with Gasteiger partial charge in [0, 0.05) is 6.42 Å². The summed E-state index contributed by atoms with van der Waals surface area (Å²) in [5, 5.41) is 9.35. The molecule has 0 amide bonds. The predicted octanol–water partition coefficient (Wildman–Crippen LogP) is 4.98. The highest BCUT2D eigenvalue weighted by Crippen LogP contribution is 2.28. The summed E-state index contributed by atoms with van der Waals surface area (Å²) in [5.74, 6) is 0. The first kappa shape index (κ1) is 23.6. The topological polar surface area (TPSA) is 66.4 Å². The lowest BCUT2D eigenvalue weighted by Crippen LogP contribution is -2.52. The summed E-state index contributed by atoms with van der Waals surface area (Å²) >= 11 is 0. The third kappa shape index (κ3) is 7.20. The van der Waals surface area contributed by atoms with Gasteiger partial charge in [-0.15, -0.1) is 0 Å². The van der Waals surface area contributed by atoms with E-state index in [1.54, 1.807) is 0 Å².